The molecule has 2 N–H and O–H groups in total. The fourth-order valence-electron chi connectivity index (χ4n) is 5.24. The maximum Gasteiger partial charge on any atom is 0.244 e. The molecule has 7 rings (SSSR count). The van der Waals surface area contributed by atoms with Crippen LogP contribution in [0.2, 0.25) is 0 Å². The lowest BCUT2D eigenvalue weighted by molar-refractivity contribution is 0.0999. The van der Waals surface area contributed by atoms with E-state index in [2.05, 4.69) is 20.6 Å². The van der Waals surface area contributed by atoms with Crippen molar-refractivity contribution in [2.45, 2.75) is 33.5 Å². The average Bonchev–Trinajstić information content (AvgIpc) is 4.01. The van der Waals surface area contributed by atoms with Gasteiger partial charge in [-0.15, -0.1) is 10.2 Å². The normalized spacial score (nSPS) is 10.9. The molecule has 0 saturated carbocycles. The monoisotopic (exact) mass is 747 g/mol. The Morgan fingerprint density at radius 3 is 1.60 bits per heavy atom. The minimum Gasteiger partial charge on any atom is -0.507 e. The Morgan fingerprint density at radius 2 is 1.15 bits per heavy atom. The molecular formula is C41H36F3N7O4. The van der Waals surface area contributed by atoms with Crippen LogP contribution in [0.25, 0.3) is 5.76 Å². The predicted octanol–water partition coefficient (Wildman–Crippen LogP) is 7.73. The van der Waals surface area contributed by atoms with Gasteiger partial charge in [0.25, 0.3) is 0 Å². The van der Waals surface area contributed by atoms with Crippen LogP contribution in [0.5, 0.6) is 0 Å². The summed E-state index contributed by atoms with van der Waals surface area (Å²) in [5, 5.41) is 22.5. The lowest BCUT2D eigenvalue weighted by Gasteiger charge is -2.06. The van der Waals surface area contributed by atoms with Crippen LogP contribution in [0, 0.1) is 17.5 Å². The second-order valence-corrected chi connectivity index (χ2v) is 12.3. The van der Waals surface area contributed by atoms with Gasteiger partial charge in [0.1, 0.15) is 23.2 Å². The van der Waals surface area contributed by atoms with Gasteiger partial charge in [-0.1, -0.05) is 36.4 Å². The quantitative estimate of drug-likeness (QED) is 0.0784. The smallest absolute Gasteiger partial charge is 0.244 e. The summed E-state index contributed by atoms with van der Waals surface area (Å²) in [4.78, 5) is 34.1. The lowest BCUT2D eigenvalue weighted by atomic mass is 10.2. The van der Waals surface area contributed by atoms with Crippen LogP contribution < -0.4 is 0 Å². The molecule has 0 saturated heterocycles. The Hall–Kier alpha value is -7.09. The van der Waals surface area contributed by atoms with Gasteiger partial charge in [-0.3, -0.25) is 14.4 Å². The van der Waals surface area contributed by atoms with Crippen molar-refractivity contribution in [1.29, 1.82) is 0 Å². The van der Waals surface area contributed by atoms with Crippen molar-refractivity contribution >= 4 is 23.1 Å². The van der Waals surface area contributed by atoms with Crippen LogP contribution in [0.3, 0.4) is 0 Å². The molecule has 0 amide bonds. The van der Waals surface area contributed by atoms with Gasteiger partial charge in [-0.05, 0) is 89.5 Å². The van der Waals surface area contributed by atoms with Gasteiger partial charge in [-0.2, -0.15) is 5.21 Å². The number of carbonyl (C=O) groups is 3. The molecular weight excluding hydrogens is 711 g/mol. The van der Waals surface area contributed by atoms with Crippen LogP contribution in [-0.4, -0.2) is 56.8 Å². The first kappa shape index (κ1) is 39.1. The van der Waals surface area contributed by atoms with E-state index in [0.29, 0.717) is 36.5 Å². The van der Waals surface area contributed by atoms with E-state index in [4.69, 9.17) is 0 Å². The standard InChI is InChI=1S/C15H12FN5O2.2C13H12FNO/c16-12-3-1-10(2-4-12)8-21-6-5-11(9-21)13(22)7-14(23)15-17-19-20-18-15;1-10(16)12-6-7-15(9-12)8-11-2-4-13(14)5-3-11;1-10(16)13-3-2-8-15(13)9-11-4-6-12(14)7-5-11/h1-7,9,22H,8H2,(H,17,18,19,20);2-7,9H,8H2,1H3;2-8H,9H2,1H3. The number of hydrogen-bond donors (Lipinski definition) is 2. The largest absolute Gasteiger partial charge is 0.507 e. The topological polar surface area (TPSA) is 141 Å². The molecule has 0 aliphatic carbocycles. The van der Waals surface area contributed by atoms with Gasteiger partial charge in [0.15, 0.2) is 11.6 Å². The Bertz CT molecular complexity index is 2360. The van der Waals surface area contributed by atoms with Crippen molar-refractivity contribution in [3.05, 3.63) is 191 Å². The predicted molar refractivity (Wildman–Crippen MR) is 199 cm³/mol. The Labute approximate surface area is 314 Å². The highest BCUT2D eigenvalue weighted by Crippen LogP contribution is 2.15. The minimum absolute atomic E-state index is 0.0344. The Kier molecular flexibility index (Phi) is 13.2. The number of nitrogens with one attached hydrogen (secondary N) is 1. The highest BCUT2D eigenvalue weighted by Gasteiger charge is 2.11. The van der Waals surface area contributed by atoms with E-state index in [0.717, 1.165) is 22.8 Å². The number of benzene rings is 3. The van der Waals surface area contributed by atoms with Crippen molar-refractivity contribution in [2.75, 3.05) is 0 Å². The van der Waals surface area contributed by atoms with E-state index in [-0.39, 0.29) is 40.6 Å². The maximum absolute atomic E-state index is 12.9. The molecule has 14 heteroatoms. The summed E-state index contributed by atoms with van der Waals surface area (Å²) in [5.41, 5.74) is 4.74. The van der Waals surface area contributed by atoms with Gasteiger partial charge < -0.3 is 18.8 Å². The fourth-order valence-corrected chi connectivity index (χ4v) is 5.24. The average molecular weight is 748 g/mol. The summed E-state index contributed by atoms with van der Waals surface area (Å²) in [6.07, 6.45) is 9.95. The molecule has 0 atom stereocenters. The summed E-state index contributed by atoms with van der Waals surface area (Å²) >= 11 is 0. The number of halogens is 3. The number of rotatable bonds is 11. The number of hydrogen-bond acceptors (Lipinski definition) is 7. The van der Waals surface area contributed by atoms with Crippen LogP contribution in [-0.2, 0) is 19.6 Å². The number of aromatic nitrogens is 7. The number of aromatic amines is 1. The highest BCUT2D eigenvalue weighted by molar-refractivity contribution is 6.05. The third-order valence-corrected chi connectivity index (χ3v) is 8.05. The zero-order valence-corrected chi connectivity index (χ0v) is 29.8. The Morgan fingerprint density at radius 1 is 0.655 bits per heavy atom. The molecule has 0 aliphatic heterocycles. The first-order chi connectivity index (χ1) is 26.4. The molecule has 0 bridgehead atoms. The van der Waals surface area contributed by atoms with Crippen LogP contribution in [0.15, 0.2) is 134 Å². The van der Waals surface area contributed by atoms with E-state index in [1.165, 1.54) is 50.2 Å². The molecule has 55 heavy (non-hydrogen) atoms. The van der Waals surface area contributed by atoms with Crippen LogP contribution >= 0.6 is 0 Å². The lowest BCUT2D eigenvalue weighted by Crippen LogP contribution is -2.06. The van der Waals surface area contributed by atoms with E-state index >= 15 is 0 Å². The summed E-state index contributed by atoms with van der Waals surface area (Å²) in [6.45, 7) is 4.83. The number of H-pyrrole nitrogens is 1. The van der Waals surface area contributed by atoms with Gasteiger partial charge in [0, 0.05) is 74.7 Å². The van der Waals surface area contributed by atoms with Gasteiger partial charge >= 0.3 is 0 Å². The third kappa shape index (κ3) is 11.7. The number of Topliss-reactive ketones (excluding diaryl/α,β-unsaturated/α-hetero) is 2. The van der Waals surface area contributed by atoms with Crippen molar-refractivity contribution in [1.82, 2.24) is 34.3 Å². The van der Waals surface area contributed by atoms with E-state index in [9.17, 15) is 32.7 Å². The summed E-state index contributed by atoms with van der Waals surface area (Å²) in [5.74, 6) is -1.56. The van der Waals surface area contributed by atoms with E-state index in [1.54, 1.807) is 73.2 Å². The minimum atomic E-state index is -0.553. The van der Waals surface area contributed by atoms with Crippen molar-refractivity contribution < 1.29 is 32.7 Å². The molecule has 11 nitrogen and oxygen atoms in total. The van der Waals surface area contributed by atoms with Crippen molar-refractivity contribution in [3.8, 4) is 0 Å². The number of tetrazole rings is 1. The maximum atomic E-state index is 12.9. The molecule has 4 heterocycles. The molecule has 0 spiro atoms. The van der Waals surface area contributed by atoms with E-state index in [1.807, 2.05) is 32.2 Å². The fraction of sp³-hybridized carbons (Fsp3) is 0.122. The van der Waals surface area contributed by atoms with Crippen LogP contribution in [0.4, 0.5) is 13.2 Å². The van der Waals surface area contributed by atoms with Gasteiger partial charge in [-0.25, -0.2) is 13.2 Å². The zero-order valence-electron chi connectivity index (χ0n) is 29.8. The summed E-state index contributed by atoms with van der Waals surface area (Å²) in [6, 6.07) is 25.9. The first-order valence-electron chi connectivity index (χ1n) is 16.8. The number of allylic oxidation sites excluding steroid dienone is 1. The van der Waals surface area contributed by atoms with Gasteiger partial charge in [0.2, 0.25) is 11.6 Å². The molecule has 280 valence electrons. The molecule has 0 fully saturated rings. The zero-order chi connectivity index (χ0) is 39.3. The number of aliphatic hydroxyl groups is 1. The Balaban J connectivity index is 0.000000163. The van der Waals surface area contributed by atoms with Gasteiger partial charge in [0.05, 0.1) is 5.69 Å². The molecule has 7 aromatic rings. The molecule has 3 aromatic carbocycles. The summed E-state index contributed by atoms with van der Waals surface area (Å²) in [7, 11) is 0. The highest BCUT2D eigenvalue weighted by atomic mass is 19.1. The third-order valence-electron chi connectivity index (χ3n) is 8.05. The first-order valence-corrected chi connectivity index (χ1v) is 16.8. The van der Waals surface area contributed by atoms with Crippen LogP contribution in [0.1, 0.15) is 67.6 Å². The van der Waals surface area contributed by atoms with E-state index < -0.39 is 5.78 Å². The second-order valence-electron chi connectivity index (χ2n) is 12.3. The number of nitrogens with zero attached hydrogens (tertiary/aromatic N) is 6. The molecule has 0 aliphatic rings. The number of ketones is 3. The number of carbonyl (C=O) groups excluding carboxylic acids is 3. The summed E-state index contributed by atoms with van der Waals surface area (Å²) < 4.78 is 43.8. The molecule has 0 radical (unpaired) electrons. The molecule has 0 unspecified atom stereocenters. The van der Waals surface area contributed by atoms with Crippen molar-refractivity contribution in [2.24, 2.45) is 0 Å². The number of aliphatic hydroxyl groups excluding tert-OH is 1. The molecule has 4 aromatic heterocycles. The van der Waals surface area contributed by atoms with Crippen molar-refractivity contribution in [3.63, 3.8) is 0 Å². The second kappa shape index (κ2) is 18.6. The SMILES string of the molecule is CC(=O)c1cccn1Cc1ccc(F)cc1.CC(=O)c1ccn(Cc2ccc(F)cc2)c1.O=C(C=C(O)c1ccn(Cc2ccc(F)cc2)c1)c1nn[nH]n1.